The van der Waals surface area contributed by atoms with Crippen LogP contribution in [0.1, 0.15) is 19.0 Å². The highest BCUT2D eigenvalue weighted by molar-refractivity contribution is 6.09. The van der Waals surface area contributed by atoms with Crippen LogP contribution in [-0.2, 0) is 14.4 Å². The number of hydrogen-bond donors (Lipinski definition) is 2. The highest BCUT2D eigenvalue weighted by Crippen LogP contribution is 2.49. The number of carbonyl (C=O) groups is 3. The standard InChI is InChI=1S/C15H14N2O5/c1-15(14(21)22)7-10-9(6-8-4-2-3-5-16-8)12(18)17(10)11(15)13(19)20/h2-6,10-11H,7H2,1H3,(H,19,20)(H,21,22)/b9-6+/t10?,11-,15+/m0/s1. The van der Waals surface area contributed by atoms with Crippen molar-refractivity contribution in [2.75, 3.05) is 0 Å². The summed E-state index contributed by atoms with van der Waals surface area (Å²) in [5.41, 5.74) is -0.498. The van der Waals surface area contributed by atoms with Crippen molar-refractivity contribution < 1.29 is 24.6 Å². The third-order valence-electron chi connectivity index (χ3n) is 4.39. The van der Waals surface area contributed by atoms with Crippen LogP contribution in [-0.4, -0.2) is 50.0 Å². The first kappa shape index (κ1) is 14.2. The number of hydrogen-bond acceptors (Lipinski definition) is 4. The lowest BCUT2D eigenvalue weighted by atomic mass is 9.81. The molecule has 22 heavy (non-hydrogen) atoms. The summed E-state index contributed by atoms with van der Waals surface area (Å²) in [7, 11) is 0. The van der Waals surface area contributed by atoms with Crippen LogP contribution in [0.2, 0.25) is 0 Å². The van der Waals surface area contributed by atoms with Crippen LogP contribution in [0, 0.1) is 5.41 Å². The topological polar surface area (TPSA) is 108 Å². The van der Waals surface area contributed by atoms with Crippen LogP contribution >= 0.6 is 0 Å². The number of fused-ring (bicyclic) bond motifs is 1. The highest BCUT2D eigenvalue weighted by atomic mass is 16.4. The normalized spacial score (nSPS) is 31.8. The molecule has 3 heterocycles. The molecule has 2 aliphatic heterocycles. The first-order valence-electron chi connectivity index (χ1n) is 6.78. The fraction of sp³-hybridized carbons (Fsp3) is 0.333. The van der Waals surface area contributed by atoms with E-state index in [1.165, 1.54) is 6.92 Å². The van der Waals surface area contributed by atoms with E-state index in [1.54, 1.807) is 30.5 Å². The number of carboxylic acid groups (broad SMARTS) is 2. The van der Waals surface area contributed by atoms with Gasteiger partial charge < -0.3 is 15.1 Å². The van der Waals surface area contributed by atoms with Crippen LogP contribution in [0.25, 0.3) is 6.08 Å². The summed E-state index contributed by atoms with van der Waals surface area (Å²) in [6.45, 7) is 1.37. The lowest BCUT2D eigenvalue weighted by Gasteiger charge is -2.40. The molecule has 0 saturated carbocycles. The van der Waals surface area contributed by atoms with Crippen molar-refractivity contribution in [3.05, 3.63) is 35.7 Å². The van der Waals surface area contributed by atoms with Crippen molar-refractivity contribution in [1.82, 2.24) is 9.88 Å². The van der Waals surface area contributed by atoms with Gasteiger partial charge >= 0.3 is 11.9 Å². The van der Waals surface area contributed by atoms with Crippen molar-refractivity contribution >= 4 is 23.9 Å². The van der Waals surface area contributed by atoms with E-state index < -0.39 is 35.3 Å². The molecule has 1 amide bonds. The van der Waals surface area contributed by atoms with Gasteiger partial charge in [-0.25, -0.2) is 4.79 Å². The summed E-state index contributed by atoms with van der Waals surface area (Å²) < 4.78 is 0. The summed E-state index contributed by atoms with van der Waals surface area (Å²) in [6.07, 6.45) is 3.27. The average Bonchev–Trinajstić information content (AvgIpc) is 2.77. The fourth-order valence-electron chi connectivity index (χ4n) is 3.22. The minimum atomic E-state index is -1.49. The number of aromatic nitrogens is 1. The monoisotopic (exact) mass is 302 g/mol. The maximum Gasteiger partial charge on any atom is 0.327 e. The van der Waals surface area contributed by atoms with Crippen molar-refractivity contribution in [3.8, 4) is 0 Å². The molecule has 2 N–H and O–H groups in total. The molecule has 7 nitrogen and oxygen atoms in total. The quantitative estimate of drug-likeness (QED) is 0.626. The van der Waals surface area contributed by atoms with Gasteiger partial charge in [0, 0.05) is 11.8 Å². The van der Waals surface area contributed by atoms with E-state index in [9.17, 15) is 24.6 Å². The maximum absolute atomic E-state index is 12.2. The number of pyridine rings is 1. The van der Waals surface area contributed by atoms with Gasteiger partial charge in [0.2, 0.25) is 0 Å². The van der Waals surface area contributed by atoms with Crippen molar-refractivity contribution in [1.29, 1.82) is 0 Å². The summed E-state index contributed by atoms with van der Waals surface area (Å²) in [5.74, 6) is -2.94. The average molecular weight is 302 g/mol. The van der Waals surface area contributed by atoms with Gasteiger partial charge in [-0.1, -0.05) is 6.07 Å². The van der Waals surface area contributed by atoms with Gasteiger partial charge in [-0.05, 0) is 31.6 Å². The minimum absolute atomic E-state index is 0.0870. The number of nitrogens with zero attached hydrogens (tertiary/aromatic N) is 2. The van der Waals surface area contributed by atoms with Crippen LogP contribution in [0.5, 0.6) is 0 Å². The first-order valence-corrected chi connectivity index (χ1v) is 6.78. The van der Waals surface area contributed by atoms with E-state index in [0.717, 1.165) is 4.90 Å². The predicted molar refractivity (Wildman–Crippen MR) is 74.6 cm³/mol. The Bertz CT molecular complexity index is 699. The largest absolute Gasteiger partial charge is 0.481 e. The summed E-state index contributed by atoms with van der Waals surface area (Å²) in [5, 5.41) is 18.7. The number of β-lactam (4-membered cyclic amide) rings is 1. The zero-order valence-electron chi connectivity index (χ0n) is 11.8. The van der Waals surface area contributed by atoms with E-state index in [1.807, 2.05) is 0 Å². The van der Waals surface area contributed by atoms with E-state index in [-0.39, 0.29) is 6.42 Å². The molecule has 7 heteroatoms. The highest BCUT2D eigenvalue weighted by Gasteiger charge is 2.65. The number of aliphatic carboxylic acids is 2. The van der Waals surface area contributed by atoms with Gasteiger partial charge in [-0.15, -0.1) is 0 Å². The second-order valence-corrected chi connectivity index (χ2v) is 5.75. The Balaban J connectivity index is 1.98. The Labute approximate surface area is 125 Å². The maximum atomic E-state index is 12.2. The zero-order chi connectivity index (χ0) is 16.1. The molecule has 0 spiro atoms. The SMILES string of the molecule is C[C@@]1(C(=O)O)CC2/C(=C\c3ccccn3)C(=O)N2[C@H]1C(=O)O. The van der Waals surface area contributed by atoms with Gasteiger partial charge in [-0.3, -0.25) is 14.6 Å². The van der Waals surface area contributed by atoms with Crippen molar-refractivity contribution in [3.63, 3.8) is 0 Å². The molecular formula is C15H14N2O5. The first-order chi connectivity index (χ1) is 10.4. The van der Waals surface area contributed by atoms with Crippen LogP contribution in [0.3, 0.4) is 0 Å². The lowest BCUT2D eigenvalue weighted by Crippen LogP contribution is -2.58. The van der Waals surface area contributed by atoms with Gasteiger partial charge in [0.1, 0.15) is 6.04 Å². The summed E-state index contributed by atoms with van der Waals surface area (Å²) in [6, 6.07) is 3.41. The Morgan fingerprint density at radius 2 is 2.14 bits per heavy atom. The van der Waals surface area contributed by atoms with E-state index in [4.69, 9.17) is 0 Å². The third kappa shape index (κ3) is 1.82. The minimum Gasteiger partial charge on any atom is -0.481 e. The Morgan fingerprint density at radius 1 is 1.41 bits per heavy atom. The van der Waals surface area contributed by atoms with Gasteiger partial charge in [0.15, 0.2) is 0 Å². The molecule has 1 unspecified atom stereocenters. The Kier molecular flexibility index (Phi) is 3.01. The third-order valence-corrected chi connectivity index (χ3v) is 4.39. The van der Waals surface area contributed by atoms with Crippen molar-refractivity contribution in [2.24, 2.45) is 5.41 Å². The van der Waals surface area contributed by atoms with Gasteiger partial charge in [0.05, 0.1) is 17.2 Å². The van der Waals surface area contributed by atoms with Crippen molar-refractivity contribution in [2.45, 2.75) is 25.4 Å². The molecule has 1 aromatic heterocycles. The smallest absolute Gasteiger partial charge is 0.327 e. The predicted octanol–water partition coefficient (Wildman–Crippen LogP) is 0.624. The lowest BCUT2D eigenvalue weighted by molar-refractivity contribution is -0.162. The second kappa shape index (κ2) is 4.66. The molecule has 2 saturated heterocycles. The molecule has 1 aromatic rings. The number of amides is 1. The van der Waals surface area contributed by atoms with Crippen LogP contribution in [0.4, 0.5) is 0 Å². The zero-order valence-corrected chi connectivity index (χ0v) is 11.8. The molecule has 2 aliphatic rings. The van der Waals surface area contributed by atoms with Gasteiger partial charge in [0.25, 0.3) is 5.91 Å². The second-order valence-electron chi connectivity index (χ2n) is 5.75. The molecule has 0 aliphatic carbocycles. The van der Waals surface area contributed by atoms with Crippen LogP contribution < -0.4 is 0 Å². The molecule has 2 fully saturated rings. The summed E-state index contributed by atoms with van der Waals surface area (Å²) in [4.78, 5) is 40.4. The molecule has 3 rings (SSSR count). The fourth-order valence-corrected chi connectivity index (χ4v) is 3.22. The molecule has 0 aromatic carbocycles. The van der Waals surface area contributed by atoms with E-state index in [2.05, 4.69) is 4.98 Å². The van der Waals surface area contributed by atoms with E-state index in [0.29, 0.717) is 11.3 Å². The molecule has 3 atom stereocenters. The Hall–Kier alpha value is -2.70. The Morgan fingerprint density at radius 3 is 2.68 bits per heavy atom. The molecule has 0 radical (unpaired) electrons. The number of carbonyl (C=O) groups excluding carboxylic acids is 1. The molecule has 0 bridgehead atoms. The molecular weight excluding hydrogens is 288 g/mol. The number of rotatable bonds is 3. The van der Waals surface area contributed by atoms with Gasteiger partial charge in [-0.2, -0.15) is 0 Å². The van der Waals surface area contributed by atoms with Crippen LogP contribution in [0.15, 0.2) is 30.0 Å². The van der Waals surface area contributed by atoms with E-state index >= 15 is 0 Å². The molecule has 114 valence electrons. The number of carboxylic acids is 2. The summed E-state index contributed by atoms with van der Waals surface area (Å²) >= 11 is 0.